The molecule has 2 heterocycles. The first-order chi connectivity index (χ1) is 13.7. The molecule has 0 aliphatic heterocycles. The van der Waals surface area contributed by atoms with Crippen LogP contribution in [0, 0.1) is 0 Å². The number of hydrogen-bond donors (Lipinski definition) is 1. The van der Waals surface area contributed by atoms with Gasteiger partial charge in [0.1, 0.15) is 11.5 Å². The molecule has 2 aromatic heterocycles. The third-order valence-electron chi connectivity index (χ3n) is 4.09. The number of nitrogens with one attached hydrogen (secondary N) is 1. The van der Waals surface area contributed by atoms with E-state index in [2.05, 4.69) is 15.1 Å². The first kappa shape index (κ1) is 17.4. The second kappa shape index (κ2) is 7.71. The van der Waals surface area contributed by atoms with Crippen LogP contribution in [-0.4, -0.2) is 25.5 Å². The lowest BCUT2D eigenvalue weighted by atomic mass is 10.0. The number of nitrogens with zero attached hydrogens (tertiary/aromatic N) is 3. The Bertz CT molecular complexity index is 1130. The average molecular weight is 372 g/mol. The van der Waals surface area contributed by atoms with Gasteiger partial charge in [-0.1, -0.05) is 18.2 Å². The number of Topliss-reactive ketones (excluding diaryl/α,β-unsaturated/α-hetero) is 1. The summed E-state index contributed by atoms with van der Waals surface area (Å²) in [5, 5.41) is 4.01. The highest BCUT2D eigenvalue weighted by molar-refractivity contribution is 5.97. The number of aromatic nitrogens is 4. The van der Waals surface area contributed by atoms with Crippen molar-refractivity contribution in [1.82, 2.24) is 19.7 Å². The summed E-state index contributed by atoms with van der Waals surface area (Å²) in [6.07, 6.45) is 4.62. The predicted octanol–water partition coefficient (Wildman–Crippen LogP) is 3.17. The van der Waals surface area contributed by atoms with Crippen molar-refractivity contribution < 1.29 is 9.53 Å². The molecule has 138 valence electrons. The molecule has 4 aromatic rings. The SMILES string of the molecule is O=C(Cc1cnc(-n2cccn2)[nH]c1=O)c1ccc(Oc2ccccc2)cc1. The Labute approximate surface area is 160 Å². The minimum Gasteiger partial charge on any atom is -0.457 e. The van der Waals surface area contributed by atoms with Gasteiger partial charge in [-0.3, -0.25) is 14.6 Å². The normalized spacial score (nSPS) is 10.6. The first-order valence-electron chi connectivity index (χ1n) is 8.63. The summed E-state index contributed by atoms with van der Waals surface area (Å²) in [5.74, 6) is 1.47. The summed E-state index contributed by atoms with van der Waals surface area (Å²) in [4.78, 5) is 31.6. The number of benzene rings is 2. The molecule has 0 fully saturated rings. The molecule has 28 heavy (non-hydrogen) atoms. The van der Waals surface area contributed by atoms with Crippen LogP contribution < -0.4 is 10.3 Å². The van der Waals surface area contributed by atoms with E-state index < -0.39 is 0 Å². The smallest absolute Gasteiger partial charge is 0.255 e. The second-order valence-electron chi connectivity index (χ2n) is 6.05. The van der Waals surface area contributed by atoms with E-state index in [1.54, 1.807) is 42.7 Å². The van der Waals surface area contributed by atoms with E-state index in [1.807, 2.05) is 30.3 Å². The molecule has 0 spiro atoms. The van der Waals surface area contributed by atoms with Gasteiger partial charge in [0.15, 0.2) is 5.78 Å². The largest absolute Gasteiger partial charge is 0.457 e. The number of rotatable bonds is 6. The van der Waals surface area contributed by atoms with Gasteiger partial charge in [0.2, 0.25) is 5.95 Å². The summed E-state index contributed by atoms with van der Waals surface area (Å²) in [5.41, 5.74) is 0.430. The molecule has 1 N–H and O–H groups in total. The Hall–Kier alpha value is -4.00. The summed E-state index contributed by atoms with van der Waals surface area (Å²) >= 11 is 0. The van der Waals surface area contributed by atoms with E-state index in [4.69, 9.17) is 4.74 Å². The molecule has 0 saturated carbocycles. The molecular weight excluding hydrogens is 356 g/mol. The maximum absolute atomic E-state index is 12.5. The molecule has 7 nitrogen and oxygen atoms in total. The van der Waals surface area contributed by atoms with Crippen molar-refractivity contribution in [2.45, 2.75) is 6.42 Å². The molecule has 2 aromatic carbocycles. The van der Waals surface area contributed by atoms with Gasteiger partial charge in [-0.05, 0) is 42.5 Å². The number of hydrogen-bond acceptors (Lipinski definition) is 5. The minimum atomic E-state index is -0.363. The Kier molecular flexibility index (Phi) is 4.79. The van der Waals surface area contributed by atoms with Gasteiger partial charge < -0.3 is 4.74 Å². The third kappa shape index (κ3) is 3.88. The van der Waals surface area contributed by atoms with E-state index in [1.165, 1.54) is 10.9 Å². The number of ether oxygens (including phenoxy) is 1. The summed E-state index contributed by atoms with van der Waals surface area (Å²) in [7, 11) is 0. The lowest BCUT2D eigenvalue weighted by Crippen LogP contribution is -2.20. The van der Waals surface area contributed by atoms with Crippen molar-refractivity contribution in [3.8, 4) is 17.4 Å². The van der Waals surface area contributed by atoms with E-state index in [-0.39, 0.29) is 17.8 Å². The van der Waals surface area contributed by atoms with Crippen LogP contribution in [0.4, 0.5) is 0 Å². The van der Waals surface area contributed by atoms with Crippen molar-refractivity contribution in [3.63, 3.8) is 0 Å². The number of carbonyl (C=O) groups excluding carboxylic acids is 1. The van der Waals surface area contributed by atoms with Crippen molar-refractivity contribution in [2.24, 2.45) is 0 Å². The highest BCUT2D eigenvalue weighted by atomic mass is 16.5. The third-order valence-corrected chi connectivity index (χ3v) is 4.09. The van der Waals surface area contributed by atoms with Crippen molar-refractivity contribution in [3.05, 3.63) is 101 Å². The van der Waals surface area contributed by atoms with Crippen molar-refractivity contribution in [2.75, 3.05) is 0 Å². The van der Waals surface area contributed by atoms with Crippen LogP contribution in [0.2, 0.25) is 0 Å². The van der Waals surface area contributed by atoms with Crippen LogP contribution in [0.25, 0.3) is 5.95 Å². The fraction of sp³-hybridized carbons (Fsp3) is 0.0476. The first-order valence-corrected chi connectivity index (χ1v) is 8.63. The van der Waals surface area contributed by atoms with E-state index in [9.17, 15) is 9.59 Å². The van der Waals surface area contributed by atoms with Crippen LogP contribution in [0.5, 0.6) is 11.5 Å². The topological polar surface area (TPSA) is 89.9 Å². The Morgan fingerprint density at radius 1 is 1.00 bits per heavy atom. The van der Waals surface area contributed by atoms with Crippen LogP contribution >= 0.6 is 0 Å². The molecule has 0 bridgehead atoms. The zero-order valence-corrected chi connectivity index (χ0v) is 14.8. The maximum atomic E-state index is 12.5. The summed E-state index contributed by atoms with van der Waals surface area (Å²) in [6, 6.07) is 17.9. The zero-order chi connectivity index (χ0) is 19.3. The lowest BCUT2D eigenvalue weighted by molar-refractivity contribution is 0.0992. The quantitative estimate of drug-likeness (QED) is 0.525. The van der Waals surface area contributed by atoms with Gasteiger partial charge in [0.05, 0.1) is 0 Å². The Morgan fingerprint density at radius 2 is 1.75 bits per heavy atom. The van der Waals surface area contributed by atoms with Crippen LogP contribution in [0.1, 0.15) is 15.9 Å². The number of H-pyrrole nitrogens is 1. The number of para-hydroxylation sites is 1. The molecule has 4 rings (SSSR count). The van der Waals surface area contributed by atoms with Gasteiger partial charge in [0, 0.05) is 36.1 Å². The fourth-order valence-corrected chi connectivity index (χ4v) is 2.66. The average Bonchev–Trinajstić information content (AvgIpc) is 3.26. The molecule has 0 unspecified atom stereocenters. The predicted molar refractivity (Wildman–Crippen MR) is 103 cm³/mol. The summed E-state index contributed by atoms with van der Waals surface area (Å²) in [6.45, 7) is 0. The number of ketones is 1. The number of aromatic amines is 1. The minimum absolute atomic E-state index is 0.0411. The van der Waals surface area contributed by atoms with Gasteiger partial charge in [-0.25, -0.2) is 9.67 Å². The maximum Gasteiger partial charge on any atom is 0.255 e. The highest BCUT2D eigenvalue weighted by Crippen LogP contribution is 2.21. The molecule has 0 radical (unpaired) electrons. The van der Waals surface area contributed by atoms with E-state index in [0.717, 1.165) is 5.75 Å². The fourth-order valence-electron chi connectivity index (χ4n) is 2.66. The molecule has 7 heteroatoms. The van der Waals surface area contributed by atoms with Crippen LogP contribution in [-0.2, 0) is 6.42 Å². The van der Waals surface area contributed by atoms with E-state index in [0.29, 0.717) is 22.8 Å². The van der Waals surface area contributed by atoms with Crippen LogP contribution in [0.15, 0.2) is 84.0 Å². The molecule has 0 aliphatic rings. The zero-order valence-electron chi connectivity index (χ0n) is 14.8. The molecule has 0 atom stereocenters. The van der Waals surface area contributed by atoms with Gasteiger partial charge in [-0.2, -0.15) is 5.10 Å². The second-order valence-corrected chi connectivity index (χ2v) is 6.05. The lowest BCUT2D eigenvalue weighted by Gasteiger charge is -2.06. The monoisotopic (exact) mass is 372 g/mol. The Morgan fingerprint density at radius 3 is 2.43 bits per heavy atom. The van der Waals surface area contributed by atoms with Crippen molar-refractivity contribution in [1.29, 1.82) is 0 Å². The highest BCUT2D eigenvalue weighted by Gasteiger charge is 2.12. The van der Waals surface area contributed by atoms with Crippen molar-refractivity contribution >= 4 is 5.78 Å². The molecular formula is C21H16N4O3. The van der Waals surface area contributed by atoms with Crippen LogP contribution in [0.3, 0.4) is 0 Å². The van der Waals surface area contributed by atoms with E-state index >= 15 is 0 Å². The Balaban J connectivity index is 1.45. The molecule has 0 saturated heterocycles. The van der Waals surface area contributed by atoms with Gasteiger partial charge >= 0.3 is 0 Å². The number of carbonyl (C=O) groups is 1. The molecule has 0 aliphatic carbocycles. The standard InChI is InChI=1S/C21H16N4O3/c26-19(13-16-14-22-21(24-20(16)27)25-12-4-11-23-25)15-7-9-18(10-8-15)28-17-5-2-1-3-6-17/h1-12,14H,13H2,(H,22,24,27). The molecule has 0 amide bonds. The van der Waals surface area contributed by atoms with Gasteiger partial charge in [0.25, 0.3) is 5.56 Å². The summed E-state index contributed by atoms with van der Waals surface area (Å²) < 4.78 is 7.16. The van der Waals surface area contributed by atoms with Gasteiger partial charge in [-0.15, -0.1) is 0 Å².